The van der Waals surface area contributed by atoms with Gasteiger partial charge in [-0.1, -0.05) is 0 Å². The Kier molecular flexibility index (Phi) is 2.78. The van der Waals surface area contributed by atoms with Crippen molar-refractivity contribution in [1.82, 2.24) is 4.90 Å². The van der Waals surface area contributed by atoms with Gasteiger partial charge < -0.3 is 10.5 Å². The minimum Gasteiger partial charge on any atom is -0.399 e. The molecule has 2 amide bonds. The van der Waals surface area contributed by atoms with Crippen LogP contribution in [0.15, 0.2) is 18.2 Å². The Morgan fingerprint density at radius 1 is 1.21 bits per heavy atom. The molecule has 1 saturated carbocycles. The molecule has 100 valence electrons. The van der Waals surface area contributed by atoms with Crippen LogP contribution in [-0.4, -0.2) is 36.0 Å². The van der Waals surface area contributed by atoms with E-state index in [2.05, 4.69) is 0 Å². The van der Waals surface area contributed by atoms with Crippen LogP contribution in [0.25, 0.3) is 0 Å². The summed E-state index contributed by atoms with van der Waals surface area (Å²) in [6, 6.07) is 4.70. The van der Waals surface area contributed by atoms with E-state index in [0.29, 0.717) is 16.8 Å². The zero-order chi connectivity index (χ0) is 13.6. The third-order valence-electron chi connectivity index (χ3n) is 3.99. The summed E-state index contributed by atoms with van der Waals surface area (Å²) >= 11 is 0. The Labute approximate surface area is 111 Å². The lowest BCUT2D eigenvalue weighted by Crippen LogP contribution is -2.44. The second-order valence-electron chi connectivity index (χ2n) is 5.06. The lowest BCUT2D eigenvalue weighted by Gasteiger charge is -2.26. The van der Waals surface area contributed by atoms with Crippen LogP contribution in [-0.2, 0) is 4.74 Å². The number of carbonyl (C=O) groups is 2. The number of amides is 2. The van der Waals surface area contributed by atoms with Gasteiger partial charge in [0.2, 0.25) is 0 Å². The van der Waals surface area contributed by atoms with Gasteiger partial charge in [-0.25, -0.2) is 0 Å². The maximum Gasteiger partial charge on any atom is 0.261 e. The first-order valence-corrected chi connectivity index (χ1v) is 6.43. The van der Waals surface area contributed by atoms with Crippen molar-refractivity contribution >= 4 is 17.5 Å². The van der Waals surface area contributed by atoms with Gasteiger partial charge in [-0.15, -0.1) is 0 Å². The van der Waals surface area contributed by atoms with Gasteiger partial charge in [0, 0.05) is 12.8 Å². The second kappa shape index (κ2) is 4.35. The predicted molar refractivity (Wildman–Crippen MR) is 69.8 cm³/mol. The lowest BCUT2D eigenvalue weighted by molar-refractivity contribution is 0.0278. The number of nitrogens with zero attached hydrogens (tertiary/aromatic N) is 1. The zero-order valence-electron chi connectivity index (χ0n) is 10.8. The van der Waals surface area contributed by atoms with Gasteiger partial charge in [-0.3, -0.25) is 14.5 Å². The molecule has 19 heavy (non-hydrogen) atoms. The van der Waals surface area contributed by atoms with Crippen molar-refractivity contribution in [2.75, 3.05) is 12.8 Å². The Morgan fingerprint density at radius 2 is 1.95 bits per heavy atom. The molecule has 2 aliphatic rings. The summed E-state index contributed by atoms with van der Waals surface area (Å²) in [4.78, 5) is 26.1. The van der Waals surface area contributed by atoms with E-state index < -0.39 is 0 Å². The fourth-order valence-corrected chi connectivity index (χ4v) is 3.06. The smallest absolute Gasteiger partial charge is 0.261 e. The summed E-state index contributed by atoms with van der Waals surface area (Å²) in [5.41, 5.74) is 7.04. The predicted octanol–water partition coefficient (Wildman–Crippen LogP) is 1.43. The van der Waals surface area contributed by atoms with Crippen LogP contribution in [0.4, 0.5) is 5.69 Å². The summed E-state index contributed by atoms with van der Waals surface area (Å²) in [5, 5.41) is 0. The maximum atomic E-state index is 12.4. The standard InChI is InChI=1S/C14H16N2O3/c1-19-12-4-2-3-11(12)16-13(17)9-6-5-8(15)7-10(9)14(16)18/h5-7,11-12H,2-4,15H2,1H3. The van der Waals surface area contributed by atoms with Gasteiger partial charge in [-0.05, 0) is 37.5 Å². The van der Waals surface area contributed by atoms with E-state index in [1.807, 2.05) is 0 Å². The number of hydrogen-bond donors (Lipinski definition) is 1. The van der Waals surface area contributed by atoms with Gasteiger partial charge in [0.1, 0.15) is 0 Å². The molecule has 1 aliphatic heterocycles. The van der Waals surface area contributed by atoms with E-state index in [-0.39, 0.29) is 24.0 Å². The molecule has 1 fully saturated rings. The summed E-state index contributed by atoms with van der Waals surface area (Å²) < 4.78 is 5.38. The number of anilines is 1. The van der Waals surface area contributed by atoms with Gasteiger partial charge in [0.05, 0.1) is 23.3 Å². The van der Waals surface area contributed by atoms with E-state index in [1.165, 1.54) is 4.90 Å². The van der Waals surface area contributed by atoms with Crippen LogP contribution in [0.2, 0.25) is 0 Å². The summed E-state index contributed by atoms with van der Waals surface area (Å²) in [6.45, 7) is 0. The van der Waals surface area contributed by atoms with Crippen molar-refractivity contribution in [3.63, 3.8) is 0 Å². The molecule has 1 aliphatic carbocycles. The topological polar surface area (TPSA) is 72.6 Å². The highest BCUT2D eigenvalue weighted by Crippen LogP contribution is 2.33. The highest BCUT2D eigenvalue weighted by molar-refractivity contribution is 6.22. The third-order valence-corrected chi connectivity index (χ3v) is 3.99. The monoisotopic (exact) mass is 260 g/mol. The molecule has 5 nitrogen and oxygen atoms in total. The first-order valence-electron chi connectivity index (χ1n) is 6.43. The lowest BCUT2D eigenvalue weighted by atomic mass is 10.1. The number of methoxy groups -OCH3 is 1. The van der Waals surface area contributed by atoms with Gasteiger partial charge in [-0.2, -0.15) is 0 Å². The number of nitrogen functional groups attached to an aromatic ring is 1. The number of hydrogen-bond acceptors (Lipinski definition) is 4. The van der Waals surface area contributed by atoms with Crippen molar-refractivity contribution in [3.05, 3.63) is 29.3 Å². The molecule has 3 rings (SSSR count). The van der Waals surface area contributed by atoms with Gasteiger partial charge in [0.25, 0.3) is 11.8 Å². The number of rotatable bonds is 2. The molecule has 0 bridgehead atoms. The first kappa shape index (κ1) is 12.2. The maximum absolute atomic E-state index is 12.4. The number of carbonyl (C=O) groups excluding carboxylic acids is 2. The van der Waals surface area contributed by atoms with E-state index in [4.69, 9.17) is 10.5 Å². The van der Waals surface area contributed by atoms with E-state index >= 15 is 0 Å². The number of benzene rings is 1. The second-order valence-corrected chi connectivity index (χ2v) is 5.06. The first-order chi connectivity index (χ1) is 9.13. The molecule has 2 N–H and O–H groups in total. The Morgan fingerprint density at radius 3 is 2.68 bits per heavy atom. The van der Waals surface area contributed by atoms with E-state index in [1.54, 1.807) is 25.3 Å². The van der Waals surface area contributed by atoms with E-state index in [9.17, 15) is 9.59 Å². The molecule has 0 radical (unpaired) electrons. The van der Waals surface area contributed by atoms with Crippen LogP contribution in [0.3, 0.4) is 0 Å². The highest BCUT2D eigenvalue weighted by atomic mass is 16.5. The van der Waals surface area contributed by atoms with Gasteiger partial charge in [0.15, 0.2) is 0 Å². The minimum atomic E-state index is -0.249. The van der Waals surface area contributed by atoms with Gasteiger partial charge >= 0.3 is 0 Å². The minimum absolute atomic E-state index is 0.0560. The highest BCUT2D eigenvalue weighted by Gasteiger charge is 2.44. The fraction of sp³-hybridized carbons (Fsp3) is 0.429. The summed E-state index contributed by atoms with van der Waals surface area (Å²) in [7, 11) is 1.62. The average Bonchev–Trinajstić information content (AvgIpc) is 2.94. The Balaban J connectivity index is 1.98. The molecule has 2 atom stereocenters. The Hall–Kier alpha value is -1.88. The fourth-order valence-electron chi connectivity index (χ4n) is 3.06. The molecular formula is C14H16N2O3. The molecule has 2 unspecified atom stereocenters. The SMILES string of the molecule is COC1CCCC1N1C(=O)c2ccc(N)cc2C1=O. The third kappa shape index (κ3) is 1.73. The molecular weight excluding hydrogens is 244 g/mol. The normalized spacial score (nSPS) is 26.1. The molecule has 1 heterocycles. The average molecular weight is 260 g/mol. The van der Waals surface area contributed by atoms with Crippen LogP contribution >= 0.6 is 0 Å². The van der Waals surface area contributed by atoms with Crippen molar-refractivity contribution in [3.8, 4) is 0 Å². The molecule has 0 saturated heterocycles. The number of nitrogens with two attached hydrogens (primary N) is 1. The van der Waals surface area contributed by atoms with Crippen molar-refractivity contribution in [1.29, 1.82) is 0 Å². The molecule has 0 spiro atoms. The molecule has 0 aromatic heterocycles. The number of ether oxygens (including phenoxy) is 1. The largest absolute Gasteiger partial charge is 0.399 e. The molecule has 1 aromatic carbocycles. The zero-order valence-corrected chi connectivity index (χ0v) is 10.8. The number of imide groups is 1. The van der Waals surface area contributed by atoms with E-state index in [0.717, 1.165) is 19.3 Å². The Bertz CT molecular complexity index is 556. The summed E-state index contributed by atoms with van der Waals surface area (Å²) in [5.74, 6) is -0.477. The van der Waals surface area contributed by atoms with Crippen molar-refractivity contribution < 1.29 is 14.3 Å². The van der Waals surface area contributed by atoms with Crippen LogP contribution in [0, 0.1) is 0 Å². The number of fused-ring (bicyclic) bond motifs is 1. The van der Waals surface area contributed by atoms with Crippen LogP contribution in [0.1, 0.15) is 40.0 Å². The van der Waals surface area contributed by atoms with Crippen molar-refractivity contribution in [2.45, 2.75) is 31.4 Å². The van der Waals surface area contributed by atoms with Crippen LogP contribution in [0.5, 0.6) is 0 Å². The van der Waals surface area contributed by atoms with Crippen LogP contribution < -0.4 is 5.73 Å². The van der Waals surface area contributed by atoms with Crippen molar-refractivity contribution in [2.24, 2.45) is 0 Å². The molecule has 5 heteroatoms. The quantitative estimate of drug-likeness (QED) is 0.645. The molecule has 1 aromatic rings. The summed E-state index contributed by atoms with van der Waals surface area (Å²) in [6.07, 6.45) is 2.61.